The van der Waals surface area contributed by atoms with Gasteiger partial charge in [-0.1, -0.05) is 6.92 Å². The van der Waals surface area contributed by atoms with Crippen molar-refractivity contribution >= 4 is 35.1 Å². The average molecular weight is 272 g/mol. The lowest BCUT2D eigenvalue weighted by molar-refractivity contribution is -0.131. The van der Waals surface area contributed by atoms with Crippen LogP contribution in [0.15, 0.2) is 17.5 Å². The minimum absolute atomic E-state index is 0.212. The van der Waals surface area contributed by atoms with Gasteiger partial charge < -0.3 is 10.2 Å². The number of aliphatic hydroxyl groups excluding tert-OH is 1. The molecule has 0 radical (unpaired) electrons. The molecule has 0 aliphatic heterocycles. The topological polar surface area (TPSA) is 57.5 Å². The Kier molecular flexibility index (Phi) is 6.32. The first-order valence-corrected chi connectivity index (χ1v) is 7.33. The van der Waals surface area contributed by atoms with Crippen LogP contribution < -0.4 is 0 Å². The third kappa shape index (κ3) is 5.39. The summed E-state index contributed by atoms with van der Waals surface area (Å²) in [5, 5.41) is 19.4. The predicted molar refractivity (Wildman–Crippen MR) is 73.4 cm³/mol. The van der Waals surface area contributed by atoms with Gasteiger partial charge in [0, 0.05) is 23.3 Å². The maximum Gasteiger partial charge on any atom is 0.328 e. The molecule has 1 rings (SSSR count). The third-order valence-corrected chi connectivity index (χ3v) is 4.55. The van der Waals surface area contributed by atoms with Gasteiger partial charge in [0.15, 0.2) is 0 Å². The molecule has 17 heavy (non-hydrogen) atoms. The van der Waals surface area contributed by atoms with Crippen molar-refractivity contribution in [2.45, 2.75) is 12.7 Å². The van der Waals surface area contributed by atoms with E-state index in [0.717, 1.165) is 23.1 Å². The molecule has 0 saturated carbocycles. The molecule has 1 heterocycles. The zero-order valence-corrected chi connectivity index (χ0v) is 11.3. The average Bonchev–Trinajstić information content (AvgIpc) is 2.73. The summed E-state index contributed by atoms with van der Waals surface area (Å²) in [4.78, 5) is 11.6. The summed E-state index contributed by atoms with van der Waals surface area (Å²) in [5.41, 5.74) is 0.974. The van der Waals surface area contributed by atoms with Crippen molar-refractivity contribution in [3.8, 4) is 0 Å². The van der Waals surface area contributed by atoms with E-state index < -0.39 is 5.97 Å². The second-order valence-corrected chi connectivity index (χ2v) is 5.80. The van der Waals surface area contributed by atoms with E-state index in [2.05, 4.69) is 0 Å². The molecule has 1 aromatic heterocycles. The maximum absolute atomic E-state index is 10.4. The van der Waals surface area contributed by atoms with Crippen LogP contribution in [0.3, 0.4) is 0 Å². The lowest BCUT2D eigenvalue weighted by Crippen LogP contribution is -2.03. The van der Waals surface area contributed by atoms with Gasteiger partial charge in [-0.15, -0.1) is 11.3 Å². The van der Waals surface area contributed by atoms with E-state index in [4.69, 9.17) is 10.2 Å². The summed E-state index contributed by atoms with van der Waals surface area (Å²) in [6, 6.07) is 1.93. The zero-order chi connectivity index (χ0) is 12.7. The highest BCUT2D eigenvalue weighted by atomic mass is 32.2. The van der Waals surface area contributed by atoms with Crippen molar-refractivity contribution in [1.29, 1.82) is 0 Å². The highest BCUT2D eigenvalue weighted by molar-refractivity contribution is 7.98. The number of carbonyl (C=O) groups is 1. The number of carboxylic acids is 1. The number of thiophene rings is 1. The molecule has 5 heteroatoms. The minimum atomic E-state index is -0.927. The summed E-state index contributed by atoms with van der Waals surface area (Å²) in [6.45, 7) is 2.22. The van der Waals surface area contributed by atoms with Gasteiger partial charge in [-0.3, -0.25) is 0 Å². The van der Waals surface area contributed by atoms with Crippen LogP contribution in [-0.4, -0.2) is 28.5 Å². The Bertz CT molecular complexity index is 385. The Morgan fingerprint density at radius 2 is 2.41 bits per heavy atom. The van der Waals surface area contributed by atoms with Crippen molar-refractivity contribution in [3.63, 3.8) is 0 Å². The lowest BCUT2D eigenvalue weighted by atomic mass is 10.2. The molecule has 0 bridgehead atoms. The van der Waals surface area contributed by atoms with Crippen molar-refractivity contribution in [2.24, 2.45) is 5.92 Å². The molecule has 2 N–H and O–H groups in total. The SMILES string of the molecule is CC(CO)CSCc1sccc1C=CC(=O)O. The number of aliphatic carboxylic acids is 1. The van der Waals surface area contributed by atoms with Crippen LogP contribution in [0.25, 0.3) is 6.08 Å². The van der Waals surface area contributed by atoms with E-state index in [0.29, 0.717) is 5.92 Å². The molecule has 0 fully saturated rings. The predicted octanol–water partition coefficient (Wildman–Crippen LogP) is 2.71. The number of rotatable bonds is 7. The Labute approximate surface area is 109 Å². The Morgan fingerprint density at radius 1 is 1.65 bits per heavy atom. The highest BCUT2D eigenvalue weighted by Crippen LogP contribution is 2.24. The second-order valence-electron chi connectivity index (χ2n) is 3.77. The van der Waals surface area contributed by atoms with Gasteiger partial charge in [-0.2, -0.15) is 11.8 Å². The van der Waals surface area contributed by atoms with Crippen LogP contribution >= 0.6 is 23.1 Å². The van der Waals surface area contributed by atoms with Gasteiger partial charge in [0.25, 0.3) is 0 Å². The number of hydrogen-bond donors (Lipinski definition) is 2. The van der Waals surface area contributed by atoms with Gasteiger partial charge in [0.1, 0.15) is 0 Å². The van der Waals surface area contributed by atoms with Crippen molar-refractivity contribution in [3.05, 3.63) is 28.0 Å². The minimum Gasteiger partial charge on any atom is -0.478 e. The molecule has 1 aromatic rings. The molecule has 94 valence electrons. The Hall–Kier alpha value is -0.780. The lowest BCUT2D eigenvalue weighted by Gasteiger charge is -2.06. The van der Waals surface area contributed by atoms with Gasteiger partial charge in [-0.25, -0.2) is 4.79 Å². The van der Waals surface area contributed by atoms with Gasteiger partial charge in [0.05, 0.1) is 0 Å². The zero-order valence-electron chi connectivity index (χ0n) is 9.63. The molecule has 0 saturated heterocycles. The largest absolute Gasteiger partial charge is 0.478 e. The first-order valence-electron chi connectivity index (χ1n) is 5.29. The van der Waals surface area contributed by atoms with E-state index in [1.807, 2.05) is 18.4 Å². The summed E-state index contributed by atoms with van der Waals surface area (Å²) < 4.78 is 0. The van der Waals surface area contributed by atoms with Gasteiger partial charge in [-0.05, 0) is 34.8 Å². The molecule has 3 nitrogen and oxygen atoms in total. The first-order chi connectivity index (χ1) is 8.13. The molecule has 0 spiro atoms. The van der Waals surface area contributed by atoms with Crippen LogP contribution in [-0.2, 0) is 10.5 Å². The van der Waals surface area contributed by atoms with Gasteiger partial charge >= 0.3 is 5.97 Å². The fourth-order valence-electron chi connectivity index (χ4n) is 1.18. The standard InChI is InChI=1S/C12H16O3S2/c1-9(6-13)7-16-8-11-10(4-5-17-11)2-3-12(14)15/h2-5,9,13H,6-8H2,1H3,(H,14,15). The number of hydrogen-bond acceptors (Lipinski definition) is 4. The first kappa shape index (κ1) is 14.3. The summed E-state index contributed by atoms with van der Waals surface area (Å²) >= 11 is 3.39. The van der Waals surface area contributed by atoms with Crippen molar-refractivity contribution in [2.75, 3.05) is 12.4 Å². The second kappa shape index (κ2) is 7.53. The van der Waals surface area contributed by atoms with Crippen LogP contribution in [0.1, 0.15) is 17.4 Å². The molecule has 0 aliphatic carbocycles. The molecular formula is C12H16O3S2. The Balaban J connectivity index is 2.48. The van der Waals surface area contributed by atoms with Crippen molar-refractivity contribution in [1.82, 2.24) is 0 Å². The summed E-state index contributed by atoms with van der Waals surface area (Å²) in [7, 11) is 0. The van der Waals surface area contributed by atoms with Crippen LogP contribution in [0, 0.1) is 5.92 Å². The van der Waals surface area contributed by atoms with Crippen LogP contribution in [0.2, 0.25) is 0 Å². The van der Waals surface area contributed by atoms with Gasteiger partial charge in [0.2, 0.25) is 0 Å². The van der Waals surface area contributed by atoms with Crippen molar-refractivity contribution < 1.29 is 15.0 Å². The van der Waals surface area contributed by atoms with E-state index >= 15 is 0 Å². The Morgan fingerprint density at radius 3 is 3.06 bits per heavy atom. The number of aliphatic hydroxyl groups is 1. The smallest absolute Gasteiger partial charge is 0.328 e. The maximum atomic E-state index is 10.4. The molecule has 0 aromatic carbocycles. The normalized spacial score (nSPS) is 13.1. The van der Waals surface area contributed by atoms with E-state index in [1.54, 1.807) is 29.2 Å². The number of thioether (sulfide) groups is 1. The third-order valence-electron chi connectivity index (χ3n) is 2.13. The number of carboxylic acid groups (broad SMARTS) is 1. The fraction of sp³-hybridized carbons (Fsp3) is 0.417. The van der Waals surface area contributed by atoms with E-state index in [9.17, 15) is 4.79 Å². The van der Waals surface area contributed by atoms with Crippen LogP contribution in [0.5, 0.6) is 0 Å². The summed E-state index contributed by atoms with van der Waals surface area (Å²) in [5.74, 6) is 1.15. The summed E-state index contributed by atoms with van der Waals surface area (Å²) in [6.07, 6.45) is 2.79. The molecule has 0 aliphatic rings. The van der Waals surface area contributed by atoms with Crippen LogP contribution in [0.4, 0.5) is 0 Å². The highest BCUT2D eigenvalue weighted by Gasteiger charge is 2.04. The monoisotopic (exact) mass is 272 g/mol. The quantitative estimate of drug-likeness (QED) is 0.749. The molecule has 0 amide bonds. The van der Waals surface area contributed by atoms with E-state index in [1.165, 1.54) is 4.88 Å². The fourth-order valence-corrected chi connectivity index (χ4v) is 3.33. The molecule has 1 atom stereocenters. The molecule has 1 unspecified atom stereocenters. The molecular weight excluding hydrogens is 256 g/mol. The van der Waals surface area contributed by atoms with E-state index in [-0.39, 0.29) is 6.61 Å².